The quantitative estimate of drug-likeness (QED) is 0.0626. The lowest BCUT2D eigenvalue weighted by Gasteiger charge is -2.22. The first-order valence-electron chi connectivity index (χ1n) is 19.1. The van der Waals surface area contributed by atoms with Gasteiger partial charge in [0, 0.05) is 65.7 Å². The number of aryl methyl sites for hydroxylation is 2. The molecule has 0 atom stereocenters. The second-order valence-electron chi connectivity index (χ2n) is 14.3. The lowest BCUT2D eigenvalue weighted by molar-refractivity contribution is 0.667. The highest BCUT2D eigenvalue weighted by Crippen LogP contribution is 2.46. The Kier molecular flexibility index (Phi) is 9.33. The summed E-state index contributed by atoms with van der Waals surface area (Å²) in [6, 6.07) is 32.6. The van der Waals surface area contributed by atoms with E-state index in [2.05, 4.69) is 86.1 Å². The van der Waals surface area contributed by atoms with Crippen LogP contribution in [0, 0.1) is 23.7 Å². The molecule has 0 N–H and O–H groups in total. The van der Waals surface area contributed by atoms with Gasteiger partial charge in [-0.25, -0.2) is 0 Å². The van der Waals surface area contributed by atoms with Crippen molar-refractivity contribution in [2.75, 3.05) is 0 Å². The molecule has 2 aliphatic rings. The maximum Gasteiger partial charge on any atom is 0.194 e. The zero-order valence-electron chi connectivity index (χ0n) is 30.1. The van der Waals surface area contributed by atoms with E-state index in [1.54, 1.807) is 0 Å². The molecule has 0 spiro atoms. The van der Waals surface area contributed by atoms with Crippen LogP contribution in [-0.2, 0) is 12.8 Å². The van der Waals surface area contributed by atoms with E-state index >= 15 is 0 Å². The minimum absolute atomic E-state index is 0.0415. The predicted octanol–water partition coefficient (Wildman–Crippen LogP) is 11.5. The minimum atomic E-state index is -0.0415. The summed E-state index contributed by atoms with van der Waals surface area (Å²) in [5.74, 6) is 13.5. The number of hydrogen-bond acceptors (Lipinski definition) is 2. The van der Waals surface area contributed by atoms with Gasteiger partial charge >= 0.3 is 0 Å². The average molecular weight is 675 g/mol. The van der Waals surface area contributed by atoms with E-state index in [0.717, 1.165) is 67.8 Å². The summed E-state index contributed by atoms with van der Waals surface area (Å²) < 4.78 is 0. The number of rotatable bonds is 10. The van der Waals surface area contributed by atoms with Crippen molar-refractivity contribution < 1.29 is 0 Å². The van der Waals surface area contributed by atoms with E-state index in [0.29, 0.717) is 21.5 Å². The normalized spacial score (nSPS) is 11.5. The maximum absolute atomic E-state index is 14.4. The summed E-state index contributed by atoms with van der Waals surface area (Å²) in [6.45, 7) is 4.47. The molecule has 8 rings (SSSR count). The number of unbranched alkanes of at least 4 members (excludes halogenated alkanes) is 6. The van der Waals surface area contributed by atoms with Gasteiger partial charge in [0.05, 0.1) is 0 Å². The first-order valence-corrected chi connectivity index (χ1v) is 19.1. The Morgan fingerprint density at radius 3 is 1.23 bits per heavy atom. The first-order chi connectivity index (χ1) is 25.6. The third kappa shape index (κ3) is 6.14. The van der Waals surface area contributed by atoms with Gasteiger partial charge in [-0.2, -0.15) is 0 Å². The molecule has 2 aliphatic carbocycles. The molecule has 2 heteroatoms. The van der Waals surface area contributed by atoms with Crippen LogP contribution in [0.2, 0.25) is 0 Å². The molecule has 0 amide bonds. The molecule has 0 aromatic heterocycles. The van der Waals surface area contributed by atoms with E-state index in [4.69, 9.17) is 0 Å². The van der Waals surface area contributed by atoms with E-state index in [9.17, 15) is 9.59 Å². The van der Waals surface area contributed by atoms with E-state index in [1.807, 2.05) is 48.5 Å². The lowest BCUT2D eigenvalue weighted by atomic mass is 9.79. The Hall–Kier alpha value is -5.70. The molecule has 0 aliphatic heterocycles. The molecule has 6 aromatic rings. The van der Waals surface area contributed by atoms with Crippen LogP contribution in [0.25, 0.3) is 54.2 Å². The Labute approximate surface area is 305 Å². The third-order valence-electron chi connectivity index (χ3n) is 10.8. The highest BCUT2D eigenvalue weighted by atomic mass is 16.1. The summed E-state index contributed by atoms with van der Waals surface area (Å²) in [7, 11) is 0. The Bertz CT molecular complexity index is 2540. The highest BCUT2D eigenvalue weighted by molar-refractivity contribution is 6.29. The fraction of sp³-hybridized carbons (Fsp3) is 0.240. The van der Waals surface area contributed by atoms with Crippen molar-refractivity contribution >= 4 is 43.1 Å². The molecule has 52 heavy (non-hydrogen) atoms. The lowest BCUT2D eigenvalue weighted by Crippen LogP contribution is -2.14. The van der Waals surface area contributed by atoms with E-state index < -0.39 is 0 Å². The zero-order chi connectivity index (χ0) is 35.6. The maximum atomic E-state index is 14.4. The fourth-order valence-corrected chi connectivity index (χ4v) is 8.00. The highest BCUT2D eigenvalue weighted by Gasteiger charge is 2.27. The van der Waals surface area contributed by atoms with Gasteiger partial charge in [-0.1, -0.05) is 137 Å². The molecule has 2 nitrogen and oxygen atoms in total. The molecule has 0 fully saturated rings. The second kappa shape index (κ2) is 14.5. The van der Waals surface area contributed by atoms with Crippen LogP contribution >= 0.6 is 0 Å². The molecule has 0 radical (unpaired) electrons. The smallest absolute Gasteiger partial charge is 0.194 e. The van der Waals surface area contributed by atoms with Crippen molar-refractivity contribution in [3.8, 4) is 34.8 Å². The van der Waals surface area contributed by atoms with Gasteiger partial charge < -0.3 is 0 Å². The van der Waals surface area contributed by atoms with Gasteiger partial charge in [0.1, 0.15) is 0 Å². The van der Waals surface area contributed by atoms with E-state index in [1.165, 1.54) is 62.5 Å². The number of benzene rings is 8. The SMILES string of the molecule is CCCCCCc1ccc(C#Cc2cc3c4c5c2cccc5c(=O)c2cc(C#Cc5ccc(CCCCCC)cc5)c5cccc(c3=O)c5c2-4)cc1. The second-order valence-corrected chi connectivity index (χ2v) is 14.3. The van der Waals surface area contributed by atoms with Gasteiger partial charge in [-0.3, -0.25) is 9.59 Å². The average Bonchev–Trinajstić information content (AvgIpc) is 3.18. The monoisotopic (exact) mass is 674 g/mol. The Balaban J connectivity index is 1.23. The van der Waals surface area contributed by atoms with Gasteiger partial charge in [0.15, 0.2) is 10.9 Å². The zero-order valence-corrected chi connectivity index (χ0v) is 30.1. The van der Waals surface area contributed by atoms with Crippen LogP contribution in [0.4, 0.5) is 0 Å². The summed E-state index contributed by atoms with van der Waals surface area (Å²) in [5, 5.41) is 5.86. The van der Waals surface area contributed by atoms with Crippen molar-refractivity contribution in [1.82, 2.24) is 0 Å². The largest absolute Gasteiger partial charge is 0.289 e. The summed E-state index contributed by atoms with van der Waals surface area (Å²) in [4.78, 5) is 28.8. The van der Waals surface area contributed by atoms with Gasteiger partial charge in [0.25, 0.3) is 0 Å². The van der Waals surface area contributed by atoms with Crippen LogP contribution in [0.15, 0.2) is 107 Å². The topological polar surface area (TPSA) is 34.1 Å². The Morgan fingerprint density at radius 1 is 0.423 bits per heavy atom. The summed E-state index contributed by atoms with van der Waals surface area (Å²) >= 11 is 0. The molecular formula is C50H42O2. The van der Waals surface area contributed by atoms with Crippen LogP contribution < -0.4 is 10.9 Å². The minimum Gasteiger partial charge on any atom is -0.289 e. The van der Waals surface area contributed by atoms with Crippen molar-refractivity contribution in [3.63, 3.8) is 0 Å². The van der Waals surface area contributed by atoms with Gasteiger partial charge in [0.2, 0.25) is 0 Å². The van der Waals surface area contributed by atoms with Crippen LogP contribution in [0.5, 0.6) is 0 Å². The molecule has 6 aromatic carbocycles. The molecule has 0 unspecified atom stereocenters. The van der Waals surface area contributed by atoms with Gasteiger partial charge in [-0.15, -0.1) is 0 Å². The molecule has 0 bridgehead atoms. The van der Waals surface area contributed by atoms with Crippen LogP contribution in [0.1, 0.15) is 98.6 Å². The Morgan fingerprint density at radius 2 is 0.827 bits per heavy atom. The van der Waals surface area contributed by atoms with Crippen LogP contribution in [0.3, 0.4) is 0 Å². The first kappa shape index (κ1) is 33.4. The standard InChI is InChI=1S/C50H42O2/c1-3-5-7-9-13-33-19-23-35(24-20-33)27-29-37-31-43-47-45-39(37)15-11-17-41(45)50(52)44-32-38(40-16-12-18-42(49(43)51)46(40)48(44)47)30-28-36-25-21-34(22-26-36)14-10-8-6-4-2/h11-12,15-26,31-32H,3-10,13-14H2,1-2H3. The molecule has 0 saturated carbocycles. The predicted molar refractivity (Wildman–Crippen MR) is 220 cm³/mol. The molecule has 254 valence electrons. The summed E-state index contributed by atoms with van der Waals surface area (Å²) in [6.07, 6.45) is 12.1. The molecule has 0 heterocycles. The van der Waals surface area contributed by atoms with Crippen molar-refractivity contribution in [3.05, 3.63) is 151 Å². The third-order valence-corrected chi connectivity index (χ3v) is 10.8. The molecule has 0 saturated heterocycles. The van der Waals surface area contributed by atoms with Crippen molar-refractivity contribution in [1.29, 1.82) is 0 Å². The van der Waals surface area contributed by atoms with Gasteiger partial charge in [-0.05, 0) is 84.0 Å². The van der Waals surface area contributed by atoms with Crippen molar-refractivity contribution in [2.24, 2.45) is 0 Å². The fourth-order valence-electron chi connectivity index (χ4n) is 8.00. The van der Waals surface area contributed by atoms with Crippen LogP contribution in [-0.4, -0.2) is 0 Å². The summed E-state index contributed by atoms with van der Waals surface area (Å²) in [5.41, 5.74) is 7.65. The van der Waals surface area contributed by atoms with E-state index in [-0.39, 0.29) is 10.9 Å². The number of hydrogen-bond donors (Lipinski definition) is 0. The molecular weight excluding hydrogens is 633 g/mol. The van der Waals surface area contributed by atoms with Crippen molar-refractivity contribution in [2.45, 2.75) is 78.1 Å².